The Bertz CT molecular complexity index is 1620. The Morgan fingerprint density at radius 3 is 1.69 bits per heavy atom. The van der Waals surface area contributed by atoms with Crippen molar-refractivity contribution in [3.63, 3.8) is 0 Å². The number of hydrogen-bond donors (Lipinski definition) is 2. The zero-order valence-corrected chi connectivity index (χ0v) is 27.1. The molecule has 0 saturated carbocycles. The first-order valence-electron chi connectivity index (χ1n) is 14.7. The summed E-state index contributed by atoms with van der Waals surface area (Å²) in [6.07, 6.45) is 0. The summed E-state index contributed by atoms with van der Waals surface area (Å²) in [7, 11) is -3.82. The first kappa shape index (κ1) is 31.2. The molecule has 0 spiro atoms. The second-order valence-corrected chi connectivity index (χ2v) is 13.7. The molecule has 4 rings (SSSR count). The van der Waals surface area contributed by atoms with Gasteiger partial charge in [0.2, 0.25) is 0 Å². The van der Waals surface area contributed by atoms with Gasteiger partial charge in [0.25, 0.3) is 10.0 Å². The summed E-state index contributed by atoms with van der Waals surface area (Å²) in [6.45, 7) is 18.5. The van der Waals surface area contributed by atoms with Crippen LogP contribution in [0.25, 0.3) is 0 Å². The quantitative estimate of drug-likeness (QED) is 0.195. The normalized spacial score (nSPS) is 11.8. The van der Waals surface area contributed by atoms with Crippen molar-refractivity contribution < 1.29 is 13.2 Å². The summed E-state index contributed by atoms with van der Waals surface area (Å²) in [5.41, 5.74) is 8.24. The topological polar surface area (TPSA) is 67.4 Å². The summed E-state index contributed by atoms with van der Waals surface area (Å²) in [5, 5.41) is 3.41. The van der Waals surface area contributed by atoms with Crippen LogP contribution in [0.1, 0.15) is 92.7 Å². The van der Waals surface area contributed by atoms with Crippen LogP contribution in [0.15, 0.2) is 77.7 Å². The van der Waals surface area contributed by atoms with Crippen molar-refractivity contribution in [1.29, 1.82) is 0 Å². The largest absolute Gasteiger partial charge is 0.457 e. The molecular weight excluding hydrogens is 540 g/mol. The van der Waals surface area contributed by atoms with Crippen molar-refractivity contribution in [3.8, 4) is 11.5 Å². The van der Waals surface area contributed by atoms with Crippen molar-refractivity contribution in [2.75, 3.05) is 10.0 Å². The molecule has 0 unspecified atom stereocenters. The minimum atomic E-state index is -3.82. The van der Waals surface area contributed by atoms with E-state index in [1.54, 1.807) is 0 Å². The highest BCUT2D eigenvalue weighted by molar-refractivity contribution is 7.92. The Balaban J connectivity index is 1.55. The average molecular weight is 585 g/mol. The van der Waals surface area contributed by atoms with Crippen molar-refractivity contribution in [1.82, 2.24) is 0 Å². The van der Waals surface area contributed by atoms with Gasteiger partial charge in [-0.1, -0.05) is 71.9 Å². The van der Waals surface area contributed by atoms with Crippen LogP contribution in [-0.2, 0) is 10.0 Å². The summed E-state index contributed by atoms with van der Waals surface area (Å²) in [5.74, 6) is 2.09. The lowest BCUT2D eigenvalue weighted by Crippen LogP contribution is -2.19. The Morgan fingerprint density at radius 2 is 1.19 bits per heavy atom. The van der Waals surface area contributed by atoms with Crippen LogP contribution >= 0.6 is 0 Å². The fourth-order valence-corrected chi connectivity index (χ4v) is 6.93. The van der Waals surface area contributed by atoms with Gasteiger partial charge in [-0.15, -0.1) is 0 Å². The third kappa shape index (κ3) is 6.99. The fraction of sp³-hybridized carbons (Fsp3) is 0.333. The fourth-order valence-electron chi connectivity index (χ4n) is 5.10. The van der Waals surface area contributed by atoms with Crippen LogP contribution < -0.4 is 14.8 Å². The van der Waals surface area contributed by atoms with Gasteiger partial charge in [-0.25, -0.2) is 8.42 Å². The molecule has 6 heteroatoms. The zero-order chi connectivity index (χ0) is 30.8. The van der Waals surface area contributed by atoms with E-state index in [2.05, 4.69) is 63.7 Å². The number of sulfonamides is 1. The van der Waals surface area contributed by atoms with E-state index in [0.29, 0.717) is 16.5 Å². The summed E-state index contributed by atoms with van der Waals surface area (Å²) in [6, 6.07) is 23.7. The average Bonchev–Trinajstić information content (AvgIpc) is 2.92. The number of ether oxygens (including phenoxy) is 1. The predicted octanol–water partition coefficient (Wildman–Crippen LogP) is 10.3. The van der Waals surface area contributed by atoms with Crippen LogP contribution in [-0.4, -0.2) is 8.42 Å². The molecule has 0 fully saturated rings. The molecule has 0 saturated heterocycles. The van der Waals surface area contributed by atoms with Crippen molar-refractivity contribution >= 4 is 27.1 Å². The lowest BCUT2D eigenvalue weighted by atomic mass is 9.89. The maximum absolute atomic E-state index is 13.9. The highest BCUT2D eigenvalue weighted by Gasteiger charge is 2.27. The van der Waals surface area contributed by atoms with Gasteiger partial charge in [-0.2, -0.15) is 0 Å². The molecule has 0 heterocycles. The van der Waals surface area contributed by atoms with E-state index in [1.807, 2.05) is 81.4 Å². The Morgan fingerprint density at radius 1 is 0.643 bits per heavy atom. The zero-order valence-electron chi connectivity index (χ0n) is 26.3. The summed E-state index contributed by atoms with van der Waals surface area (Å²) < 4.78 is 36.9. The van der Waals surface area contributed by atoms with Gasteiger partial charge in [0.1, 0.15) is 11.5 Å². The van der Waals surface area contributed by atoms with Crippen LogP contribution in [0.2, 0.25) is 0 Å². The Hall–Kier alpha value is -3.77. The van der Waals surface area contributed by atoms with Gasteiger partial charge < -0.3 is 10.1 Å². The molecule has 0 bridgehead atoms. The number of anilines is 3. The lowest BCUT2D eigenvalue weighted by molar-refractivity contribution is 0.475. The standard InChI is InChI=1S/C36H44N2O3S/c1-22(2)28-20-32(23(3)4)36(33(21-28)24(5)6)42(39,40)38-34-18-15-30(19-27(34)9)37-29-13-16-31(17-14-29)41-35-25(7)11-10-12-26(35)8/h10-24,37-38H,1-9H3. The first-order valence-corrected chi connectivity index (χ1v) is 16.2. The minimum absolute atomic E-state index is 0.0676. The van der Waals surface area contributed by atoms with Gasteiger partial charge >= 0.3 is 0 Å². The van der Waals surface area contributed by atoms with E-state index in [4.69, 9.17) is 4.74 Å². The molecule has 4 aromatic carbocycles. The van der Waals surface area contributed by atoms with Gasteiger partial charge in [-0.05, 0) is 114 Å². The molecule has 4 aromatic rings. The van der Waals surface area contributed by atoms with Gasteiger partial charge in [0, 0.05) is 11.4 Å². The number of rotatable bonds is 10. The highest BCUT2D eigenvalue weighted by atomic mass is 32.2. The van der Waals surface area contributed by atoms with E-state index >= 15 is 0 Å². The van der Waals surface area contributed by atoms with Crippen molar-refractivity contribution in [2.45, 2.75) is 85.0 Å². The lowest BCUT2D eigenvalue weighted by Gasteiger charge is -2.23. The smallest absolute Gasteiger partial charge is 0.262 e. The molecule has 0 aliphatic heterocycles. The molecule has 0 aromatic heterocycles. The monoisotopic (exact) mass is 584 g/mol. The maximum Gasteiger partial charge on any atom is 0.262 e. The van der Waals surface area contributed by atoms with Crippen molar-refractivity contribution in [3.05, 3.63) is 106 Å². The molecule has 0 radical (unpaired) electrons. The minimum Gasteiger partial charge on any atom is -0.457 e. The number of hydrogen-bond acceptors (Lipinski definition) is 4. The molecule has 5 nitrogen and oxygen atoms in total. The van der Waals surface area contributed by atoms with E-state index in [1.165, 1.54) is 0 Å². The molecule has 222 valence electrons. The number of aryl methyl sites for hydroxylation is 3. The Kier molecular flexibility index (Phi) is 9.37. The predicted molar refractivity (Wildman–Crippen MR) is 176 cm³/mol. The second kappa shape index (κ2) is 12.6. The molecule has 0 aliphatic rings. The van der Waals surface area contributed by atoms with E-state index in [-0.39, 0.29) is 11.8 Å². The number of benzene rings is 4. The third-order valence-corrected chi connectivity index (χ3v) is 9.09. The summed E-state index contributed by atoms with van der Waals surface area (Å²) in [4.78, 5) is 0.404. The first-order chi connectivity index (χ1) is 19.8. The molecule has 42 heavy (non-hydrogen) atoms. The van der Waals surface area contributed by atoms with E-state index in [0.717, 1.165) is 56.3 Å². The second-order valence-electron chi connectivity index (χ2n) is 12.1. The van der Waals surface area contributed by atoms with Gasteiger partial charge in [-0.3, -0.25) is 4.72 Å². The van der Waals surface area contributed by atoms with Gasteiger partial charge in [0.05, 0.1) is 10.6 Å². The van der Waals surface area contributed by atoms with Crippen LogP contribution in [0.3, 0.4) is 0 Å². The Labute approximate surface area is 252 Å². The van der Waals surface area contributed by atoms with Gasteiger partial charge in [0.15, 0.2) is 0 Å². The summed E-state index contributed by atoms with van der Waals surface area (Å²) >= 11 is 0. The maximum atomic E-state index is 13.9. The van der Waals surface area contributed by atoms with Crippen LogP contribution in [0.4, 0.5) is 17.1 Å². The third-order valence-electron chi connectivity index (χ3n) is 7.59. The molecular formula is C36H44N2O3S. The van der Waals surface area contributed by atoms with E-state index < -0.39 is 10.0 Å². The molecule has 0 aliphatic carbocycles. The number of para-hydroxylation sites is 1. The SMILES string of the molecule is Cc1cc(Nc2ccc(Oc3c(C)cccc3C)cc2)ccc1NS(=O)(=O)c1c(C(C)C)cc(C(C)C)cc1C(C)C. The van der Waals surface area contributed by atoms with Crippen molar-refractivity contribution in [2.24, 2.45) is 0 Å². The van der Waals surface area contributed by atoms with Crippen LogP contribution in [0, 0.1) is 20.8 Å². The molecule has 0 atom stereocenters. The van der Waals surface area contributed by atoms with E-state index in [9.17, 15) is 8.42 Å². The molecule has 2 N–H and O–H groups in total. The van der Waals surface area contributed by atoms with Crippen LogP contribution in [0.5, 0.6) is 11.5 Å². The number of nitrogens with one attached hydrogen (secondary N) is 2. The molecule has 0 amide bonds. The highest BCUT2D eigenvalue weighted by Crippen LogP contribution is 2.37.